The van der Waals surface area contributed by atoms with Crippen LogP contribution in [0.2, 0.25) is 5.02 Å². The Bertz CT molecular complexity index is 986. The van der Waals surface area contributed by atoms with E-state index in [2.05, 4.69) is 4.90 Å². The summed E-state index contributed by atoms with van der Waals surface area (Å²) < 4.78 is 12.7. The van der Waals surface area contributed by atoms with Crippen molar-refractivity contribution in [2.75, 3.05) is 38.8 Å². The number of ether oxygens (including phenoxy) is 2. The fourth-order valence-electron chi connectivity index (χ4n) is 3.63. The molecule has 1 saturated heterocycles. The Kier molecular flexibility index (Phi) is 6.72. The quantitative estimate of drug-likeness (QED) is 0.655. The second-order valence-corrected chi connectivity index (χ2v) is 7.38. The minimum absolute atomic E-state index is 0. The van der Waals surface area contributed by atoms with Gasteiger partial charge in [-0.15, -0.1) is 12.4 Å². The van der Waals surface area contributed by atoms with Crippen molar-refractivity contribution in [3.63, 3.8) is 0 Å². The first-order valence-corrected chi connectivity index (χ1v) is 9.73. The zero-order valence-corrected chi connectivity index (χ0v) is 18.0. The lowest BCUT2D eigenvalue weighted by Crippen LogP contribution is -2.36. The van der Waals surface area contributed by atoms with Gasteiger partial charge in [-0.2, -0.15) is 4.98 Å². The molecule has 9 heteroatoms. The number of piperidine rings is 1. The van der Waals surface area contributed by atoms with E-state index in [-0.39, 0.29) is 12.4 Å². The van der Waals surface area contributed by atoms with Gasteiger partial charge in [0.1, 0.15) is 17.3 Å². The Morgan fingerprint density at radius 2 is 1.86 bits per heavy atom. The summed E-state index contributed by atoms with van der Waals surface area (Å²) in [6.07, 6.45) is 6.11. The predicted octanol–water partition coefficient (Wildman–Crippen LogP) is 3.66. The van der Waals surface area contributed by atoms with Crippen LogP contribution in [-0.4, -0.2) is 48.2 Å². The van der Waals surface area contributed by atoms with E-state index in [0.29, 0.717) is 28.2 Å². The number of fused-ring (bicyclic) bond motifs is 1. The molecule has 1 aliphatic heterocycles. The summed E-state index contributed by atoms with van der Waals surface area (Å²) in [7, 11) is 3.19. The van der Waals surface area contributed by atoms with Gasteiger partial charge < -0.3 is 20.1 Å². The van der Waals surface area contributed by atoms with Gasteiger partial charge in [-0.1, -0.05) is 11.6 Å². The molecule has 2 aromatic heterocycles. The van der Waals surface area contributed by atoms with Gasteiger partial charge in [0.15, 0.2) is 0 Å². The topological polar surface area (TPSA) is 77.9 Å². The first-order chi connectivity index (χ1) is 13.6. The standard InChI is InChI=1S/C20H24ClN5O2.ClH/c1-27-17-10-18(28-2)15(21)9-14(17)16-12-26-8-5-19(24-20(26)23-16)25-6-3-13(11-22)4-7-25;/h5,8-10,12-13H,3-4,6-7,11,22H2,1-2H3;1H. The van der Waals surface area contributed by atoms with Crippen LogP contribution in [0.1, 0.15) is 12.8 Å². The van der Waals surface area contributed by atoms with Gasteiger partial charge in [-0.25, -0.2) is 4.98 Å². The molecule has 0 amide bonds. The van der Waals surface area contributed by atoms with Crippen LogP contribution in [0.5, 0.6) is 11.5 Å². The van der Waals surface area contributed by atoms with E-state index in [4.69, 9.17) is 36.8 Å². The van der Waals surface area contributed by atoms with Gasteiger partial charge in [0.2, 0.25) is 5.78 Å². The molecule has 0 aliphatic carbocycles. The number of halogens is 2. The van der Waals surface area contributed by atoms with Gasteiger partial charge in [0.05, 0.1) is 24.9 Å². The molecule has 156 valence electrons. The fraction of sp³-hybridized carbons (Fsp3) is 0.400. The number of nitrogens with two attached hydrogens (primary N) is 1. The first-order valence-electron chi connectivity index (χ1n) is 9.35. The molecule has 3 heterocycles. The highest BCUT2D eigenvalue weighted by atomic mass is 35.5. The normalized spacial score (nSPS) is 14.7. The van der Waals surface area contributed by atoms with Crippen molar-refractivity contribution in [2.45, 2.75) is 12.8 Å². The average Bonchev–Trinajstić information content (AvgIpc) is 3.16. The van der Waals surface area contributed by atoms with E-state index >= 15 is 0 Å². The number of nitrogens with zero attached hydrogens (tertiary/aromatic N) is 4. The maximum atomic E-state index is 6.31. The second-order valence-electron chi connectivity index (χ2n) is 6.97. The number of rotatable bonds is 5. The third-order valence-corrected chi connectivity index (χ3v) is 5.63. The summed E-state index contributed by atoms with van der Waals surface area (Å²) in [5.74, 6) is 3.41. The van der Waals surface area contributed by atoms with Crippen molar-refractivity contribution < 1.29 is 9.47 Å². The summed E-state index contributed by atoms with van der Waals surface area (Å²) in [5, 5.41) is 0.506. The Hall–Kier alpha value is -2.22. The minimum Gasteiger partial charge on any atom is -0.496 e. The van der Waals surface area contributed by atoms with Crippen LogP contribution in [0.4, 0.5) is 5.82 Å². The highest BCUT2D eigenvalue weighted by Crippen LogP contribution is 2.38. The van der Waals surface area contributed by atoms with Crippen LogP contribution in [0.15, 0.2) is 30.6 Å². The van der Waals surface area contributed by atoms with Crippen LogP contribution in [0.3, 0.4) is 0 Å². The number of benzene rings is 1. The summed E-state index contributed by atoms with van der Waals surface area (Å²) >= 11 is 6.31. The van der Waals surface area contributed by atoms with Crippen molar-refractivity contribution in [1.29, 1.82) is 0 Å². The van der Waals surface area contributed by atoms with Gasteiger partial charge >= 0.3 is 0 Å². The van der Waals surface area contributed by atoms with Crippen molar-refractivity contribution >= 4 is 35.6 Å². The molecule has 7 nitrogen and oxygen atoms in total. The predicted molar refractivity (Wildman–Crippen MR) is 118 cm³/mol. The van der Waals surface area contributed by atoms with Crippen LogP contribution in [-0.2, 0) is 0 Å². The summed E-state index contributed by atoms with van der Waals surface area (Å²) in [4.78, 5) is 11.8. The molecule has 1 fully saturated rings. The van der Waals surface area contributed by atoms with Crippen LogP contribution in [0, 0.1) is 5.92 Å². The number of methoxy groups -OCH3 is 2. The lowest BCUT2D eigenvalue weighted by molar-refractivity contribution is 0.395. The van der Waals surface area contributed by atoms with E-state index in [1.54, 1.807) is 26.4 Å². The Labute approximate surface area is 181 Å². The molecule has 0 atom stereocenters. The molecule has 0 unspecified atom stereocenters. The average molecular weight is 438 g/mol. The molecule has 0 spiro atoms. The Morgan fingerprint density at radius 3 is 2.52 bits per heavy atom. The van der Waals surface area contributed by atoms with Crippen LogP contribution in [0.25, 0.3) is 17.0 Å². The van der Waals surface area contributed by atoms with Gasteiger partial charge in [-0.3, -0.25) is 4.40 Å². The van der Waals surface area contributed by atoms with E-state index in [1.165, 1.54) is 0 Å². The van der Waals surface area contributed by atoms with Gasteiger partial charge in [0, 0.05) is 37.1 Å². The molecular formula is C20H25Cl2N5O2. The van der Waals surface area contributed by atoms with Crippen LogP contribution < -0.4 is 20.1 Å². The molecule has 29 heavy (non-hydrogen) atoms. The van der Waals surface area contributed by atoms with Crippen LogP contribution >= 0.6 is 24.0 Å². The third-order valence-electron chi connectivity index (χ3n) is 5.33. The molecule has 1 aromatic carbocycles. The van der Waals surface area contributed by atoms with E-state index in [9.17, 15) is 0 Å². The van der Waals surface area contributed by atoms with Gasteiger partial charge in [-0.05, 0) is 37.4 Å². The second kappa shape index (κ2) is 9.07. The lowest BCUT2D eigenvalue weighted by atomic mass is 9.97. The summed E-state index contributed by atoms with van der Waals surface area (Å²) in [6, 6.07) is 5.60. The minimum atomic E-state index is 0. The number of imidazole rings is 1. The maximum Gasteiger partial charge on any atom is 0.236 e. The molecule has 1 aliphatic rings. The highest BCUT2D eigenvalue weighted by molar-refractivity contribution is 6.32. The van der Waals surface area contributed by atoms with Gasteiger partial charge in [0.25, 0.3) is 0 Å². The lowest BCUT2D eigenvalue weighted by Gasteiger charge is -2.32. The van der Waals surface area contributed by atoms with E-state index < -0.39 is 0 Å². The number of aromatic nitrogens is 3. The Balaban J connectivity index is 0.00000240. The fourth-order valence-corrected chi connectivity index (χ4v) is 3.87. The third kappa shape index (κ3) is 4.22. The molecule has 0 radical (unpaired) electrons. The zero-order chi connectivity index (χ0) is 19.7. The molecular weight excluding hydrogens is 413 g/mol. The molecule has 0 saturated carbocycles. The maximum absolute atomic E-state index is 6.31. The molecule has 2 N–H and O–H groups in total. The molecule has 4 rings (SSSR count). The molecule has 3 aromatic rings. The number of anilines is 1. The van der Waals surface area contributed by atoms with E-state index in [0.717, 1.165) is 49.6 Å². The largest absolute Gasteiger partial charge is 0.496 e. The van der Waals surface area contributed by atoms with Crippen molar-refractivity contribution in [1.82, 2.24) is 14.4 Å². The zero-order valence-electron chi connectivity index (χ0n) is 16.5. The van der Waals surface area contributed by atoms with Crippen molar-refractivity contribution in [3.8, 4) is 22.8 Å². The summed E-state index contributed by atoms with van der Waals surface area (Å²) in [5.41, 5.74) is 7.34. The smallest absolute Gasteiger partial charge is 0.236 e. The highest BCUT2D eigenvalue weighted by Gasteiger charge is 2.20. The van der Waals surface area contributed by atoms with Crippen molar-refractivity contribution in [2.24, 2.45) is 11.7 Å². The number of hydrogen-bond donors (Lipinski definition) is 1. The monoisotopic (exact) mass is 437 g/mol. The molecule has 0 bridgehead atoms. The van der Waals surface area contributed by atoms with Crippen molar-refractivity contribution in [3.05, 3.63) is 35.6 Å². The Morgan fingerprint density at radius 1 is 1.14 bits per heavy atom. The first kappa shape index (κ1) is 21.5. The van der Waals surface area contributed by atoms with E-state index in [1.807, 2.05) is 22.9 Å². The summed E-state index contributed by atoms with van der Waals surface area (Å²) in [6.45, 7) is 2.71. The number of hydrogen-bond acceptors (Lipinski definition) is 6. The SMILES string of the molecule is COc1cc(OC)c(-c2cn3ccc(N4CCC(CN)CC4)nc3n2)cc1Cl.Cl.